The molecule has 2 aromatic rings. The number of anilines is 1. The number of nitrogens with one attached hydrogen (secondary N) is 1. The van der Waals surface area contributed by atoms with Crippen molar-refractivity contribution in [2.75, 3.05) is 37.4 Å². The molecule has 0 radical (unpaired) electrons. The van der Waals surface area contributed by atoms with Gasteiger partial charge in [0.25, 0.3) is 0 Å². The summed E-state index contributed by atoms with van der Waals surface area (Å²) in [5.74, 6) is 0.898. The molecule has 0 heterocycles. The van der Waals surface area contributed by atoms with E-state index in [0.29, 0.717) is 17.2 Å². The highest BCUT2D eigenvalue weighted by Crippen LogP contribution is 2.19. The Balaban J connectivity index is 1.87. The van der Waals surface area contributed by atoms with Crippen molar-refractivity contribution in [3.8, 4) is 11.5 Å². The van der Waals surface area contributed by atoms with E-state index in [1.165, 1.54) is 0 Å². The van der Waals surface area contributed by atoms with E-state index < -0.39 is 15.9 Å². The highest BCUT2D eigenvalue weighted by Gasteiger charge is 2.20. The van der Waals surface area contributed by atoms with Crippen LogP contribution >= 0.6 is 0 Å². The van der Waals surface area contributed by atoms with Crippen LogP contribution in [0.15, 0.2) is 48.5 Å². The molecule has 0 saturated carbocycles. The van der Waals surface area contributed by atoms with Crippen LogP contribution in [-0.4, -0.2) is 47.4 Å². The van der Waals surface area contributed by atoms with Crippen molar-refractivity contribution in [2.24, 2.45) is 0 Å². The number of hydrogen-bond donors (Lipinski definition) is 1. The summed E-state index contributed by atoms with van der Waals surface area (Å²) in [7, 11) is -2.01. The third-order valence-electron chi connectivity index (χ3n) is 3.74. The number of carbonyl (C=O) groups excluding carboxylic acids is 1. The quantitative estimate of drug-likeness (QED) is 0.660. The zero-order valence-electron chi connectivity index (χ0n) is 15.6. The average molecular weight is 392 g/mol. The highest BCUT2D eigenvalue weighted by atomic mass is 32.2. The van der Waals surface area contributed by atoms with E-state index in [1.54, 1.807) is 55.6 Å². The molecule has 0 aromatic heterocycles. The fourth-order valence-electron chi connectivity index (χ4n) is 2.35. The number of hydrogen-bond acceptors (Lipinski definition) is 5. The van der Waals surface area contributed by atoms with Crippen LogP contribution in [0.2, 0.25) is 0 Å². The maximum absolute atomic E-state index is 12.2. The molecule has 0 unspecified atom stereocenters. The molecule has 0 aliphatic heterocycles. The molecule has 0 fully saturated rings. The maximum atomic E-state index is 12.2. The van der Waals surface area contributed by atoms with Gasteiger partial charge >= 0.3 is 0 Å². The number of nitrogens with zero attached hydrogens (tertiary/aromatic N) is 1. The molecule has 7 nitrogen and oxygen atoms in total. The number of ether oxygens (including phenoxy) is 2. The monoisotopic (exact) mass is 392 g/mol. The number of methoxy groups -OCH3 is 1. The molecule has 2 aromatic carbocycles. The minimum absolute atomic E-state index is 0.252. The predicted molar refractivity (Wildman–Crippen MR) is 105 cm³/mol. The minimum atomic E-state index is -3.58. The van der Waals surface area contributed by atoms with E-state index in [9.17, 15) is 13.2 Å². The normalized spacial score (nSPS) is 10.9. The van der Waals surface area contributed by atoms with E-state index in [2.05, 4.69) is 5.32 Å². The Kier molecular flexibility index (Phi) is 7.06. The van der Waals surface area contributed by atoms with Gasteiger partial charge in [-0.15, -0.1) is 0 Å². The van der Waals surface area contributed by atoms with E-state index in [1.807, 2.05) is 6.92 Å². The summed E-state index contributed by atoms with van der Waals surface area (Å²) in [5, 5.41) is 2.66. The Labute approximate surface area is 160 Å². The van der Waals surface area contributed by atoms with Gasteiger partial charge in [0.05, 0.1) is 25.6 Å². The van der Waals surface area contributed by atoms with Crippen molar-refractivity contribution in [3.05, 3.63) is 54.1 Å². The second-order valence-corrected chi connectivity index (χ2v) is 7.89. The first-order chi connectivity index (χ1) is 12.8. The lowest BCUT2D eigenvalue weighted by molar-refractivity contribution is -0.119. The van der Waals surface area contributed by atoms with Crippen LogP contribution in [0.1, 0.15) is 5.56 Å². The van der Waals surface area contributed by atoms with Gasteiger partial charge < -0.3 is 14.8 Å². The minimum Gasteiger partial charge on any atom is -0.497 e. The second-order valence-electron chi connectivity index (χ2n) is 5.98. The van der Waals surface area contributed by atoms with Gasteiger partial charge in [0.15, 0.2) is 0 Å². The van der Waals surface area contributed by atoms with Crippen LogP contribution in [0.5, 0.6) is 11.5 Å². The first kappa shape index (κ1) is 20.6. The zero-order valence-corrected chi connectivity index (χ0v) is 16.5. The summed E-state index contributed by atoms with van der Waals surface area (Å²) in [4.78, 5) is 12.2. The molecule has 0 atom stereocenters. The first-order valence-electron chi connectivity index (χ1n) is 8.37. The summed E-state index contributed by atoms with van der Waals surface area (Å²) in [5.41, 5.74) is 1.46. The van der Waals surface area contributed by atoms with Gasteiger partial charge in [0, 0.05) is 6.07 Å². The lowest BCUT2D eigenvalue weighted by Gasteiger charge is -2.22. The highest BCUT2D eigenvalue weighted by molar-refractivity contribution is 7.92. The largest absolute Gasteiger partial charge is 0.497 e. The molecule has 0 bridgehead atoms. The maximum Gasteiger partial charge on any atom is 0.240 e. The van der Waals surface area contributed by atoms with Crippen LogP contribution < -0.4 is 19.1 Å². The Morgan fingerprint density at radius 2 is 1.78 bits per heavy atom. The molecule has 0 spiro atoms. The van der Waals surface area contributed by atoms with Crippen molar-refractivity contribution in [3.63, 3.8) is 0 Å². The van der Waals surface area contributed by atoms with Crippen LogP contribution in [0, 0.1) is 6.92 Å². The van der Waals surface area contributed by atoms with E-state index in [4.69, 9.17) is 9.47 Å². The van der Waals surface area contributed by atoms with E-state index >= 15 is 0 Å². The summed E-state index contributed by atoms with van der Waals surface area (Å²) >= 11 is 0. The lowest BCUT2D eigenvalue weighted by atomic mass is 10.2. The fraction of sp³-hybridized carbons (Fsp3) is 0.316. The standard InChI is InChI=1S/C19H24N2O5S/c1-15-7-9-16(10-8-15)21(27(3,23)24)14-19(22)20-11-12-26-18-6-4-5-17(13-18)25-2/h4-10,13H,11-12,14H2,1-3H3,(H,20,22). The van der Waals surface area contributed by atoms with Crippen molar-refractivity contribution in [1.82, 2.24) is 5.32 Å². The van der Waals surface area contributed by atoms with E-state index in [0.717, 1.165) is 16.1 Å². The third-order valence-corrected chi connectivity index (χ3v) is 4.88. The van der Waals surface area contributed by atoms with Crippen LogP contribution in [0.4, 0.5) is 5.69 Å². The third kappa shape index (κ3) is 6.49. The molecule has 2 rings (SSSR count). The summed E-state index contributed by atoms with van der Waals surface area (Å²) < 4.78 is 35.8. The van der Waals surface area contributed by atoms with Gasteiger partial charge in [-0.25, -0.2) is 8.42 Å². The zero-order chi connectivity index (χ0) is 19.9. The smallest absolute Gasteiger partial charge is 0.240 e. The Hall–Kier alpha value is -2.74. The molecule has 1 amide bonds. The van der Waals surface area contributed by atoms with E-state index in [-0.39, 0.29) is 19.7 Å². The molecule has 0 aliphatic carbocycles. The van der Waals surface area contributed by atoms with Crippen molar-refractivity contribution in [1.29, 1.82) is 0 Å². The Bertz CT molecular complexity index is 866. The molecular formula is C19H24N2O5S. The summed E-state index contributed by atoms with van der Waals surface area (Å²) in [6.07, 6.45) is 1.08. The molecule has 146 valence electrons. The van der Waals surface area contributed by atoms with Gasteiger partial charge in [0.1, 0.15) is 24.7 Å². The average Bonchev–Trinajstić information content (AvgIpc) is 2.63. The molecule has 0 saturated heterocycles. The van der Waals surface area contributed by atoms with Gasteiger partial charge in [-0.05, 0) is 31.2 Å². The molecular weight excluding hydrogens is 368 g/mol. The summed E-state index contributed by atoms with van der Waals surface area (Å²) in [6.45, 7) is 2.12. The van der Waals surface area contributed by atoms with Gasteiger partial charge in [0.2, 0.25) is 15.9 Å². The summed E-state index contributed by atoms with van der Waals surface area (Å²) in [6, 6.07) is 14.1. The topological polar surface area (TPSA) is 84.9 Å². The lowest BCUT2D eigenvalue weighted by Crippen LogP contribution is -2.41. The molecule has 8 heteroatoms. The number of carbonyl (C=O) groups is 1. The molecule has 0 aliphatic rings. The number of amides is 1. The van der Waals surface area contributed by atoms with Gasteiger partial charge in [-0.1, -0.05) is 23.8 Å². The first-order valence-corrected chi connectivity index (χ1v) is 10.2. The Morgan fingerprint density at radius 1 is 1.11 bits per heavy atom. The number of aryl methyl sites for hydroxylation is 1. The van der Waals surface area contributed by atoms with Crippen LogP contribution in [-0.2, 0) is 14.8 Å². The van der Waals surface area contributed by atoms with Crippen molar-refractivity contribution >= 4 is 21.6 Å². The number of rotatable bonds is 9. The van der Waals surface area contributed by atoms with Gasteiger partial charge in [-0.2, -0.15) is 0 Å². The van der Waals surface area contributed by atoms with Crippen molar-refractivity contribution < 1.29 is 22.7 Å². The van der Waals surface area contributed by atoms with Crippen LogP contribution in [0.25, 0.3) is 0 Å². The fourth-order valence-corrected chi connectivity index (χ4v) is 3.20. The SMILES string of the molecule is COc1cccc(OCCNC(=O)CN(c2ccc(C)cc2)S(C)(=O)=O)c1. The molecule has 1 N–H and O–H groups in total. The van der Waals surface area contributed by atoms with Crippen molar-refractivity contribution in [2.45, 2.75) is 6.92 Å². The second kappa shape index (κ2) is 9.27. The van der Waals surface area contributed by atoms with Crippen LogP contribution in [0.3, 0.4) is 0 Å². The predicted octanol–water partition coefficient (Wildman–Crippen LogP) is 1.96. The Morgan fingerprint density at radius 3 is 2.41 bits per heavy atom. The van der Waals surface area contributed by atoms with Gasteiger partial charge in [-0.3, -0.25) is 9.10 Å². The molecule has 27 heavy (non-hydrogen) atoms. The number of benzene rings is 2. The number of sulfonamides is 1.